The number of halogens is 2. The number of rotatable bonds is 3. The summed E-state index contributed by atoms with van der Waals surface area (Å²) in [6.07, 6.45) is 0.782. The summed E-state index contributed by atoms with van der Waals surface area (Å²) in [4.78, 5) is 0. The molecule has 0 unspecified atom stereocenters. The molecule has 0 heterocycles. The first-order chi connectivity index (χ1) is 9.58. The maximum absolute atomic E-state index is 13.9. The second kappa shape index (κ2) is 5.70. The third-order valence-electron chi connectivity index (χ3n) is 3.20. The molecule has 0 aliphatic carbocycles. The molecule has 4 heteroatoms. The molecule has 0 amide bonds. The topological polar surface area (TPSA) is 35.8 Å². The van der Waals surface area contributed by atoms with Crippen LogP contribution in [0.2, 0.25) is 0 Å². The summed E-state index contributed by atoms with van der Waals surface area (Å²) in [6, 6.07) is 10.0. The molecule has 1 N–H and O–H groups in total. The van der Waals surface area contributed by atoms with Crippen molar-refractivity contribution in [2.75, 3.05) is 5.32 Å². The van der Waals surface area contributed by atoms with E-state index in [-0.39, 0.29) is 11.3 Å². The fourth-order valence-corrected chi connectivity index (χ4v) is 2.07. The Kier molecular flexibility index (Phi) is 3.99. The van der Waals surface area contributed by atoms with Gasteiger partial charge in [0.25, 0.3) is 0 Å². The number of hydrogen-bond donors (Lipinski definition) is 1. The molecule has 0 saturated heterocycles. The van der Waals surface area contributed by atoms with Gasteiger partial charge >= 0.3 is 0 Å². The van der Waals surface area contributed by atoms with E-state index in [0.29, 0.717) is 0 Å². The van der Waals surface area contributed by atoms with Crippen LogP contribution in [0.4, 0.5) is 20.2 Å². The van der Waals surface area contributed by atoms with Gasteiger partial charge in [-0.05, 0) is 36.6 Å². The van der Waals surface area contributed by atoms with Crippen molar-refractivity contribution in [2.24, 2.45) is 0 Å². The molecule has 0 spiro atoms. The van der Waals surface area contributed by atoms with Crippen LogP contribution in [0, 0.1) is 29.9 Å². The molecular weight excluding hydrogens is 258 g/mol. The van der Waals surface area contributed by atoms with Gasteiger partial charge in [0.2, 0.25) is 0 Å². The summed E-state index contributed by atoms with van der Waals surface area (Å²) in [5.41, 5.74) is 2.49. The fraction of sp³-hybridized carbons (Fsp3) is 0.188. The maximum atomic E-state index is 13.9. The van der Waals surface area contributed by atoms with Crippen LogP contribution in [0.1, 0.15) is 23.6 Å². The molecule has 0 bridgehead atoms. The van der Waals surface area contributed by atoms with Crippen molar-refractivity contribution in [3.8, 4) is 6.07 Å². The summed E-state index contributed by atoms with van der Waals surface area (Å²) < 4.78 is 27.5. The minimum absolute atomic E-state index is 0.0329. The molecule has 0 aromatic heterocycles. The van der Waals surface area contributed by atoms with Crippen molar-refractivity contribution < 1.29 is 8.78 Å². The Hall–Kier alpha value is -2.41. The highest BCUT2D eigenvalue weighted by Crippen LogP contribution is 2.28. The van der Waals surface area contributed by atoms with Crippen LogP contribution in [0.25, 0.3) is 0 Å². The zero-order valence-electron chi connectivity index (χ0n) is 11.3. The number of hydrogen-bond acceptors (Lipinski definition) is 2. The number of nitriles is 1. The third-order valence-corrected chi connectivity index (χ3v) is 3.20. The van der Waals surface area contributed by atoms with E-state index < -0.39 is 11.6 Å². The van der Waals surface area contributed by atoms with Crippen LogP contribution in [0.5, 0.6) is 0 Å². The van der Waals surface area contributed by atoms with E-state index in [4.69, 9.17) is 5.26 Å². The molecule has 2 aromatic rings. The largest absolute Gasteiger partial charge is 0.353 e. The van der Waals surface area contributed by atoms with Gasteiger partial charge in [-0.1, -0.05) is 25.1 Å². The van der Waals surface area contributed by atoms with Gasteiger partial charge in [0.15, 0.2) is 11.6 Å². The number of nitrogens with one attached hydrogen (secondary N) is 1. The zero-order chi connectivity index (χ0) is 14.7. The van der Waals surface area contributed by atoms with E-state index in [9.17, 15) is 8.78 Å². The summed E-state index contributed by atoms with van der Waals surface area (Å²) >= 11 is 0. The van der Waals surface area contributed by atoms with Crippen molar-refractivity contribution in [3.63, 3.8) is 0 Å². The van der Waals surface area contributed by atoms with E-state index in [1.807, 2.05) is 32.0 Å². The van der Waals surface area contributed by atoms with E-state index in [1.54, 1.807) is 6.07 Å². The Labute approximate surface area is 116 Å². The van der Waals surface area contributed by atoms with Crippen molar-refractivity contribution in [1.82, 2.24) is 0 Å². The third kappa shape index (κ3) is 2.48. The van der Waals surface area contributed by atoms with Crippen molar-refractivity contribution in [1.29, 1.82) is 5.26 Å². The smallest absolute Gasteiger partial charge is 0.183 e. The van der Waals surface area contributed by atoms with Gasteiger partial charge in [-0.2, -0.15) is 5.26 Å². The lowest BCUT2D eigenvalue weighted by Crippen LogP contribution is -2.02. The highest BCUT2D eigenvalue weighted by atomic mass is 19.2. The standard InChI is InChI=1S/C16H14F2N2/c1-3-11-6-4-5-10(2)16(11)20-13-8-7-12(9-19)14(17)15(13)18/h4-8,20H,3H2,1-2H3. The molecule has 0 fully saturated rings. The molecule has 2 aromatic carbocycles. The second-order valence-corrected chi connectivity index (χ2v) is 4.49. The first-order valence-corrected chi connectivity index (χ1v) is 6.32. The highest BCUT2D eigenvalue weighted by molar-refractivity contribution is 5.67. The fourth-order valence-electron chi connectivity index (χ4n) is 2.07. The average Bonchev–Trinajstić information content (AvgIpc) is 2.46. The van der Waals surface area contributed by atoms with Crippen LogP contribution >= 0.6 is 0 Å². The van der Waals surface area contributed by atoms with Gasteiger partial charge in [-0.15, -0.1) is 0 Å². The predicted molar refractivity (Wildman–Crippen MR) is 74.9 cm³/mol. The molecule has 0 aliphatic heterocycles. The minimum Gasteiger partial charge on any atom is -0.353 e. The van der Waals surface area contributed by atoms with E-state index in [0.717, 1.165) is 23.2 Å². The Morgan fingerprint density at radius 3 is 2.55 bits per heavy atom. The number of anilines is 2. The average molecular weight is 272 g/mol. The molecular formula is C16H14F2N2. The number of nitrogens with zero attached hydrogens (tertiary/aromatic N) is 1. The molecule has 20 heavy (non-hydrogen) atoms. The van der Waals surface area contributed by atoms with Crippen LogP contribution < -0.4 is 5.32 Å². The second-order valence-electron chi connectivity index (χ2n) is 4.49. The quantitative estimate of drug-likeness (QED) is 0.896. The Balaban J connectivity index is 2.47. The summed E-state index contributed by atoms with van der Waals surface area (Å²) in [6.45, 7) is 3.90. The molecule has 102 valence electrons. The minimum atomic E-state index is -1.12. The first-order valence-electron chi connectivity index (χ1n) is 6.32. The lowest BCUT2D eigenvalue weighted by Gasteiger charge is -2.15. The summed E-state index contributed by atoms with van der Waals surface area (Å²) in [7, 11) is 0. The molecule has 2 nitrogen and oxygen atoms in total. The van der Waals surface area contributed by atoms with Gasteiger partial charge in [0.1, 0.15) is 6.07 Å². The van der Waals surface area contributed by atoms with Gasteiger partial charge < -0.3 is 5.32 Å². The van der Waals surface area contributed by atoms with Gasteiger partial charge in [0, 0.05) is 5.69 Å². The molecule has 0 atom stereocenters. The van der Waals surface area contributed by atoms with Crippen molar-refractivity contribution >= 4 is 11.4 Å². The molecule has 2 rings (SSSR count). The van der Waals surface area contributed by atoms with E-state index in [1.165, 1.54) is 12.1 Å². The van der Waals surface area contributed by atoms with E-state index in [2.05, 4.69) is 5.32 Å². The Bertz CT molecular complexity index is 688. The van der Waals surface area contributed by atoms with Crippen LogP contribution in [0.15, 0.2) is 30.3 Å². The predicted octanol–water partition coefficient (Wildman–Crippen LogP) is 4.45. The van der Waals surface area contributed by atoms with Crippen molar-refractivity contribution in [2.45, 2.75) is 20.3 Å². The number of para-hydroxylation sites is 1. The van der Waals surface area contributed by atoms with Gasteiger partial charge in [-0.25, -0.2) is 8.78 Å². The Morgan fingerprint density at radius 1 is 1.15 bits per heavy atom. The summed E-state index contributed by atoms with van der Waals surface area (Å²) in [5, 5.41) is 11.6. The van der Waals surface area contributed by atoms with Crippen molar-refractivity contribution in [3.05, 3.63) is 58.7 Å². The Morgan fingerprint density at radius 2 is 1.90 bits per heavy atom. The highest BCUT2D eigenvalue weighted by Gasteiger charge is 2.14. The number of aryl methyl sites for hydroxylation is 2. The maximum Gasteiger partial charge on any atom is 0.183 e. The van der Waals surface area contributed by atoms with Crippen LogP contribution in [0.3, 0.4) is 0 Å². The van der Waals surface area contributed by atoms with Crippen LogP contribution in [-0.4, -0.2) is 0 Å². The summed E-state index contributed by atoms with van der Waals surface area (Å²) in [5.74, 6) is -2.15. The molecule has 0 radical (unpaired) electrons. The normalized spacial score (nSPS) is 10.2. The van der Waals surface area contributed by atoms with Gasteiger partial charge in [0.05, 0.1) is 11.3 Å². The molecule has 0 saturated carbocycles. The molecule has 0 aliphatic rings. The lowest BCUT2D eigenvalue weighted by atomic mass is 10.1. The lowest BCUT2D eigenvalue weighted by molar-refractivity contribution is 0.509. The monoisotopic (exact) mass is 272 g/mol. The van der Waals surface area contributed by atoms with E-state index >= 15 is 0 Å². The zero-order valence-corrected chi connectivity index (χ0v) is 11.3. The SMILES string of the molecule is CCc1cccc(C)c1Nc1ccc(C#N)c(F)c1F. The number of benzene rings is 2. The first kappa shape index (κ1) is 14.0. The van der Waals surface area contributed by atoms with Crippen LogP contribution in [-0.2, 0) is 6.42 Å². The van der Waals surface area contributed by atoms with Gasteiger partial charge in [-0.3, -0.25) is 0 Å².